The summed E-state index contributed by atoms with van der Waals surface area (Å²) in [5.41, 5.74) is -0.0213. The second kappa shape index (κ2) is 7.94. The molecule has 1 saturated carbocycles. The van der Waals surface area contributed by atoms with Crippen LogP contribution in [-0.2, 0) is 17.4 Å². The molecule has 1 fully saturated rings. The zero-order valence-electron chi connectivity index (χ0n) is 18.4. The normalized spacial score (nSPS) is 21.4. The molecule has 1 aliphatic carbocycles. The number of anilines is 1. The SMILES string of the molecule is O=C1CCc2c(Oc3ccc4c(c3)C3C(NC(=O)c5ccc(C(F)(F)F)c(F)c5)C3O4)ccnc2N1. The van der Waals surface area contributed by atoms with Gasteiger partial charge in [-0.05, 0) is 48.9 Å². The third-order valence-corrected chi connectivity index (χ3v) is 6.49. The van der Waals surface area contributed by atoms with E-state index in [9.17, 15) is 27.2 Å². The van der Waals surface area contributed by atoms with Gasteiger partial charge in [0.2, 0.25) is 5.91 Å². The van der Waals surface area contributed by atoms with E-state index in [1.54, 1.807) is 30.5 Å². The Labute approximate surface area is 201 Å². The molecule has 184 valence electrons. The number of rotatable bonds is 4. The molecule has 3 unspecified atom stereocenters. The van der Waals surface area contributed by atoms with E-state index in [1.165, 1.54) is 0 Å². The fourth-order valence-corrected chi connectivity index (χ4v) is 4.68. The van der Waals surface area contributed by atoms with Crippen molar-refractivity contribution in [1.82, 2.24) is 10.3 Å². The van der Waals surface area contributed by atoms with Gasteiger partial charge in [-0.2, -0.15) is 13.2 Å². The van der Waals surface area contributed by atoms with Crippen molar-refractivity contribution in [2.24, 2.45) is 0 Å². The molecule has 2 aromatic carbocycles. The number of amides is 2. The van der Waals surface area contributed by atoms with Gasteiger partial charge in [-0.1, -0.05) is 0 Å². The van der Waals surface area contributed by atoms with E-state index in [1.807, 2.05) is 0 Å². The lowest BCUT2D eigenvalue weighted by Crippen LogP contribution is -2.30. The van der Waals surface area contributed by atoms with Crippen LogP contribution in [0.2, 0.25) is 0 Å². The number of carbonyl (C=O) groups is 2. The summed E-state index contributed by atoms with van der Waals surface area (Å²) in [7, 11) is 0. The lowest BCUT2D eigenvalue weighted by atomic mass is 10.1. The van der Waals surface area contributed by atoms with Gasteiger partial charge in [-0.15, -0.1) is 0 Å². The van der Waals surface area contributed by atoms with E-state index in [2.05, 4.69) is 15.6 Å². The number of hydrogen-bond donors (Lipinski definition) is 2. The van der Waals surface area contributed by atoms with Gasteiger partial charge in [0, 0.05) is 29.3 Å². The monoisotopic (exact) mass is 499 g/mol. The van der Waals surface area contributed by atoms with Crippen molar-refractivity contribution >= 4 is 17.6 Å². The molecule has 3 heterocycles. The highest BCUT2D eigenvalue weighted by Crippen LogP contribution is 2.54. The van der Waals surface area contributed by atoms with Gasteiger partial charge in [0.1, 0.15) is 35.0 Å². The lowest BCUT2D eigenvalue weighted by Gasteiger charge is -2.19. The highest BCUT2D eigenvalue weighted by atomic mass is 19.4. The van der Waals surface area contributed by atoms with Crippen molar-refractivity contribution in [2.75, 3.05) is 5.32 Å². The zero-order valence-corrected chi connectivity index (χ0v) is 18.4. The molecule has 1 aromatic heterocycles. The van der Waals surface area contributed by atoms with E-state index in [0.29, 0.717) is 48.0 Å². The van der Waals surface area contributed by atoms with Crippen molar-refractivity contribution < 1.29 is 36.6 Å². The first-order valence-corrected chi connectivity index (χ1v) is 11.1. The van der Waals surface area contributed by atoms with Gasteiger partial charge >= 0.3 is 6.18 Å². The number of nitrogens with one attached hydrogen (secondary N) is 2. The van der Waals surface area contributed by atoms with Crippen molar-refractivity contribution in [3.8, 4) is 17.2 Å². The minimum Gasteiger partial charge on any atom is -0.487 e. The smallest absolute Gasteiger partial charge is 0.419 e. The Kier molecular flexibility index (Phi) is 4.92. The van der Waals surface area contributed by atoms with E-state index in [0.717, 1.165) is 17.2 Å². The van der Waals surface area contributed by atoms with E-state index in [-0.39, 0.29) is 23.5 Å². The van der Waals surface area contributed by atoms with E-state index < -0.39 is 29.5 Å². The molecule has 2 aliphatic heterocycles. The fraction of sp³-hybridized carbons (Fsp3) is 0.240. The molecule has 0 bridgehead atoms. The number of ether oxygens (including phenoxy) is 2. The van der Waals surface area contributed by atoms with Crippen molar-refractivity contribution in [2.45, 2.75) is 37.1 Å². The summed E-state index contributed by atoms with van der Waals surface area (Å²) in [6, 6.07) is 8.69. The topological polar surface area (TPSA) is 89.5 Å². The second-order valence-corrected chi connectivity index (χ2v) is 8.79. The van der Waals surface area contributed by atoms with Crippen LogP contribution in [0.3, 0.4) is 0 Å². The first-order chi connectivity index (χ1) is 17.2. The summed E-state index contributed by atoms with van der Waals surface area (Å²) in [4.78, 5) is 28.4. The van der Waals surface area contributed by atoms with Crippen molar-refractivity contribution in [3.05, 3.63) is 76.7 Å². The van der Waals surface area contributed by atoms with Gasteiger partial charge in [0.15, 0.2) is 0 Å². The Morgan fingerprint density at radius 2 is 1.97 bits per heavy atom. The number of pyridine rings is 1. The fourth-order valence-electron chi connectivity index (χ4n) is 4.68. The molecule has 0 saturated heterocycles. The Bertz CT molecular complexity index is 1420. The Morgan fingerprint density at radius 1 is 1.14 bits per heavy atom. The largest absolute Gasteiger partial charge is 0.487 e. The predicted octanol–water partition coefficient (Wildman–Crippen LogP) is 4.57. The minimum atomic E-state index is -4.84. The molecule has 2 amide bonds. The minimum absolute atomic E-state index is 0.103. The molecule has 0 spiro atoms. The maximum Gasteiger partial charge on any atom is 0.419 e. The summed E-state index contributed by atoms with van der Waals surface area (Å²) >= 11 is 0. The van der Waals surface area contributed by atoms with Crippen LogP contribution in [0.15, 0.2) is 48.7 Å². The van der Waals surface area contributed by atoms with Crippen molar-refractivity contribution in [1.29, 1.82) is 0 Å². The average molecular weight is 499 g/mol. The summed E-state index contributed by atoms with van der Waals surface area (Å²) in [5.74, 6) is -0.250. The first kappa shape index (κ1) is 22.3. The lowest BCUT2D eigenvalue weighted by molar-refractivity contribution is -0.140. The zero-order chi connectivity index (χ0) is 25.2. The summed E-state index contributed by atoms with van der Waals surface area (Å²) in [5, 5.41) is 5.43. The molecule has 6 rings (SSSR count). The van der Waals surface area contributed by atoms with Crippen LogP contribution >= 0.6 is 0 Å². The Hall–Kier alpha value is -4.15. The number of hydrogen-bond acceptors (Lipinski definition) is 5. The maximum absolute atomic E-state index is 13.9. The molecular formula is C25H17F4N3O4. The highest BCUT2D eigenvalue weighted by molar-refractivity contribution is 5.95. The van der Waals surface area contributed by atoms with E-state index >= 15 is 0 Å². The van der Waals surface area contributed by atoms with Crippen molar-refractivity contribution in [3.63, 3.8) is 0 Å². The average Bonchev–Trinajstić information content (AvgIpc) is 3.34. The molecule has 11 heteroatoms. The number of nitrogens with zero attached hydrogens (tertiary/aromatic N) is 1. The molecule has 3 aliphatic rings. The number of halogens is 4. The second-order valence-electron chi connectivity index (χ2n) is 8.79. The molecule has 3 aromatic rings. The molecule has 7 nitrogen and oxygen atoms in total. The van der Waals surface area contributed by atoms with Crippen LogP contribution in [0.5, 0.6) is 17.2 Å². The molecule has 3 atom stereocenters. The number of aromatic nitrogens is 1. The first-order valence-electron chi connectivity index (χ1n) is 11.1. The number of fused-ring (bicyclic) bond motifs is 4. The number of carbonyl (C=O) groups excluding carboxylic acids is 2. The maximum atomic E-state index is 13.9. The summed E-state index contributed by atoms with van der Waals surface area (Å²) in [6.07, 6.45) is -2.79. The molecular weight excluding hydrogens is 482 g/mol. The van der Waals surface area contributed by atoms with Crippen LogP contribution in [0.1, 0.15) is 39.4 Å². The molecule has 2 N–H and O–H groups in total. The van der Waals surface area contributed by atoms with Gasteiger partial charge in [0.05, 0.1) is 17.5 Å². The van der Waals surface area contributed by atoms with Gasteiger partial charge in [-0.3, -0.25) is 9.59 Å². The van der Waals surface area contributed by atoms with Crippen LogP contribution in [0.25, 0.3) is 0 Å². The highest BCUT2D eigenvalue weighted by Gasteiger charge is 2.59. The molecule has 0 radical (unpaired) electrons. The predicted molar refractivity (Wildman–Crippen MR) is 118 cm³/mol. The summed E-state index contributed by atoms with van der Waals surface area (Å²) < 4.78 is 64.2. The van der Waals surface area contributed by atoms with Crippen LogP contribution in [0, 0.1) is 5.82 Å². The quantitative estimate of drug-likeness (QED) is 0.514. The number of benzene rings is 2. The van der Waals surface area contributed by atoms with Gasteiger partial charge in [0.25, 0.3) is 5.91 Å². The Morgan fingerprint density at radius 3 is 2.75 bits per heavy atom. The third-order valence-electron chi connectivity index (χ3n) is 6.49. The van der Waals surface area contributed by atoms with Crippen LogP contribution < -0.4 is 20.1 Å². The third kappa shape index (κ3) is 3.80. The van der Waals surface area contributed by atoms with E-state index in [4.69, 9.17) is 9.47 Å². The van der Waals surface area contributed by atoms with Crippen LogP contribution in [0.4, 0.5) is 23.4 Å². The molecule has 36 heavy (non-hydrogen) atoms. The standard InChI is InChI=1S/C25H17F4N3O4/c26-16-9-11(1-4-15(16)25(27,28)29)24(34)32-21-20-14-10-12(2-5-17(14)36-22(20)21)35-18-7-8-30-23-13(18)3-6-19(33)31-23/h1-2,4-5,7-10,20-22H,3,6H2,(H,32,34)(H,30,31,33). The van der Waals surface area contributed by atoms with Gasteiger partial charge in [-0.25, -0.2) is 9.37 Å². The van der Waals surface area contributed by atoms with Gasteiger partial charge < -0.3 is 20.1 Å². The summed E-state index contributed by atoms with van der Waals surface area (Å²) in [6.45, 7) is 0. The van der Waals surface area contributed by atoms with Crippen LogP contribution in [-0.4, -0.2) is 28.9 Å². The Balaban J connectivity index is 1.17. The number of alkyl halides is 3.